The van der Waals surface area contributed by atoms with E-state index in [0.29, 0.717) is 5.56 Å². The molecule has 3 aromatic carbocycles. The third-order valence-corrected chi connectivity index (χ3v) is 6.13. The molecule has 0 aromatic heterocycles. The molecule has 0 aliphatic heterocycles. The molecule has 0 radical (unpaired) electrons. The second-order valence-corrected chi connectivity index (χ2v) is 9.06. The monoisotopic (exact) mass is 472 g/mol. The van der Waals surface area contributed by atoms with Gasteiger partial charge in [0.15, 0.2) is 0 Å². The number of sulfonamides is 1. The molecule has 0 heterocycles. The Morgan fingerprint density at radius 2 is 1.41 bits per heavy atom. The zero-order valence-electron chi connectivity index (χ0n) is 17.3. The van der Waals surface area contributed by atoms with Crippen molar-refractivity contribution in [1.82, 2.24) is 10.9 Å². The minimum Gasteiger partial charge on any atom is -0.378 e. The summed E-state index contributed by atoms with van der Waals surface area (Å²) in [6, 6.07) is 18.7. The number of anilines is 2. The molecular formula is C22H21ClN4O4S. The molecule has 0 bridgehead atoms. The second kappa shape index (κ2) is 9.71. The van der Waals surface area contributed by atoms with E-state index in [1.807, 2.05) is 25.1 Å². The smallest absolute Gasteiger partial charge is 0.269 e. The number of benzene rings is 3. The Labute approximate surface area is 191 Å². The Kier molecular flexibility index (Phi) is 7.01. The highest BCUT2D eigenvalue weighted by atomic mass is 35.5. The Bertz CT molecular complexity index is 1260. The number of rotatable bonds is 6. The maximum absolute atomic E-state index is 12.7. The first kappa shape index (κ1) is 23.1. The van der Waals surface area contributed by atoms with Crippen LogP contribution in [-0.4, -0.2) is 34.3 Å². The van der Waals surface area contributed by atoms with Gasteiger partial charge in [0.2, 0.25) is 0 Å². The summed E-state index contributed by atoms with van der Waals surface area (Å²) in [6.07, 6.45) is 0. The fraction of sp³-hybridized carbons (Fsp3) is 0.0909. The van der Waals surface area contributed by atoms with Crippen molar-refractivity contribution < 1.29 is 18.0 Å². The Morgan fingerprint density at radius 3 is 2.03 bits per heavy atom. The number of hydrogen-bond acceptors (Lipinski definition) is 5. The van der Waals surface area contributed by atoms with Gasteiger partial charge < -0.3 is 4.90 Å². The summed E-state index contributed by atoms with van der Waals surface area (Å²) in [5.74, 6) is -1.18. The van der Waals surface area contributed by atoms with E-state index < -0.39 is 21.8 Å². The van der Waals surface area contributed by atoms with Gasteiger partial charge in [-0.2, -0.15) is 0 Å². The second-order valence-electron chi connectivity index (χ2n) is 6.97. The SMILES string of the molecule is CN(C)c1cccc(C(=O)NNC(=O)c2cccc(S(=O)(=O)Nc3ccccc3Cl)c2)c1. The first-order valence-corrected chi connectivity index (χ1v) is 11.3. The minimum absolute atomic E-state index is 0.0503. The summed E-state index contributed by atoms with van der Waals surface area (Å²) in [5, 5.41) is 0.242. The molecule has 10 heteroatoms. The molecule has 0 saturated carbocycles. The van der Waals surface area contributed by atoms with Crippen molar-refractivity contribution in [2.75, 3.05) is 23.7 Å². The van der Waals surface area contributed by atoms with Crippen molar-refractivity contribution in [3.63, 3.8) is 0 Å². The summed E-state index contributed by atoms with van der Waals surface area (Å²) in [7, 11) is -0.290. The van der Waals surface area contributed by atoms with Gasteiger partial charge in [-0.25, -0.2) is 8.42 Å². The van der Waals surface area contributed by atoms with E-state index in [9.17, 15) is 18.0 Å². The third-order valence-electron chi connectivity index (χ3n) is 4.44. The van der Waals surface area contributed by atoms with Gasteiger partial charge in [0, 0.05) is 30.9 Å². The van der Waals surface area contributed by atoms with Gasteiger partial charge in [0.1, 0.15) is 0 Å². The molecule has 2 amide bonds. The van der Waals surface area contributed by atoms with Crippen LogP contribution < -0.4 is 20.5 Å². The Hall–Kier alpha value is -3.56. The molecule has 0 aliphatic carbocycles. The van der Waals surface area contributed by atoms with E-state index in [0.717, 1.165) is 5.69 Å². The van der Waals surface area contributed by atoms with Crippen LogP contribution >= 0.6 is 11.6 Å². The zero-order valence-corrected chi connectivity index (χ0v) is 18.9. The molecule has 0 spiro atoms. The number of nitrogens with zero attached hydrogens (tertiary/aromatic N) is 1. The topological polar surface area (TPSA) is 108 Å². The molecule has 0 saturated heterocycles. The van der Waals surface area contributed by atoms with Crippen LogP contribution in [0.4, 0.5) is 11.4 Å². The van der Waals surface area contributed by atoms with E-state index in [2.05, 4.69) is 15.6 Å². The maximum atomic E-state index is 12.7. The maximum Gasteiger partial charge on any atom is 0.269 e. The average Bonchev–Trinajstić information content (AvgIpc) is 2.78. The highest BCUT2D eigenvalue weighted by molar-refractivity contribution is 7.92. The van der Waals surface area contributed by atoms with Gasteiger partial charge in [-0.15, -0.1) is 0 Å². The molecule has 3 aromatic rings. The minimum atomic E-state index is -3.99. The number of hydrazine groups is 1. The molecule has 166 valence electrons. The summed E-state index contributed by atoms with van der Waals surface area (Å²) < 4.78 is 27.8. The standard InChI is InChI=1S/C22H21ClN4O4S/c1-27(2)17-9-5-7-15(13-17)21(28)24-25-22(29)16-8-6-10-18(14-16)32(30,31)26-20-12-4-3-11-19(20)23/h3-14,26H,1-2H3,(H,24,28)(H,25,29). The summed E-state index contributed by atoms with van der Waals surface area (Å²) in [6.45, 7) is 0. The van der Waals surface area contributed by atoms with Gasteiger partial charge in [0.05, 0.1) is 15.6 Å². The molecule has 0 atom stereocenters. The highest BCUT2D eigenvalue weighted by Crippen LogP contribution is 2.24. The number of para-hydroxylation sites is 1. The molecule has 0 unspecified atom stereocenters. The first-order valence-electron chi connectivity index (χ1n) is 9.43. The summed E-state index contributed by atoms with van der Waals surface area (Å²) in [4.78, 5) is 26.5. The van der Waals surface area contributed by atoms with Gasteiger partial charge in [-0.3, -0.25) is 25.2 Å². The number of nitrogens with one attached hydrogen (secondary N) is 3. The van der Waals surface area contributed by atoms with Crippen molar-refractivity contribution >= 4 is 44.8 Å². The van der Waals surface area contributed by atoms with E-state index in [4.69, 9.17) is 11.6 Å². The van der Waals surface area contributed by atoms with Crippen molar-refractivity contribution in [3.05, 3.63) is 88.9 Å². The third kappa shape index (κ3) is 5.57. The average molecular weight is 473 g/mol. The molecule has 32 heavy (non-hydrogen) atoms. The normalized spacial score (nSPS) is 10.8. The van der Waals surface area contributed by atoms with Crippen LogP contribution in [-0.2, 0) is 10.0 Å². The van der Waals surface area contributed by atoms with Gasteiger partial charge in [0.25, 0.3) is 21.8 Å². The van der Waals surface area contributed by atoms with Gasteiger partial charge >= 0.3 is 0 Å². The largest absolute Gasteiger partial charge is 0.378 e. The predicted octanol–water partition coefficient (Wildman–Crippen LogP) is 3.28. The number of halogens is 1. The molecule has 8 nitrogen and oxygen atoms in total. The fourth-order valence-electron chi connectivity index (χ4n) is 2.74. The van der Waals surface area contributed by atoms with Gasteiger partial charge in [-0.1, -0.05) is 35.9 Å². The fourth-order valence-corrected chi connectivity index (χ4v) is 4.10. The van der Waals surface area contributed by atoms with Crippen LogP contribution in [0.15, 0.2) is 77.7 Å². The molecule has 0 aliphatic rings. The van der Waals surface area contributed by atoms with Crippen molar-refractivity contribution in [3.8, 4) is 0 Å². The number of carbonyl (C=O) groups excluding carboxylic acids is 2. The molecule has 0 fully saturated rings. The van der Waals surface area contributed by atoms with E-state index in [1.54, 1.807) is 36.4 Å². The van der Waals surface area contributed by atoms with Crippen LogP contribution in [0, 0.1) is 0 Å². The highest BCUT2D eigenvalue weighted by Gasteiger charge is 2.18. The number of hydrogen-bond donors (Lipinski definition) is 3. The Morgan fingerprint density at radius 1 is 0.812 bits per heavy atom. The van der Waals surface area contributed by atoms with Crippen LogP contribution in [0.3, 0.4) is 0 Å². The predicted molar refractivity (Wildman–Crippen MR) is 124 cm³/mol. The summed E-state index contributed by atoms with van der Waals surface area (Å²) >= 11 is 6.01. The zero-order chi connectivity index (χ0) is 23.3. The van der Waals surface area contributed by atoms with Crippen LogP contribution in [0.1, 0.15) is 20.7 Å². The van der Waals surface area contributed by atoms with Crippen LogP contribution in [0.2, 0.25) is 5.02 Å². The van der Waals surface area contributed by atoms with Crippen LogP contribution in [0.25, 0.3) is 0 Å². The van der Waals surface area contributed by atoms with E-state index in [1.165, 1.54) is 30.3 Å². The molecular weight excluding hydrogens is 452 g/mol. The first-order chi connectivity index (χ1) is 15.2. The lowest BCUT2D eigenvalue weighted by Gasteiger charge is -2.14. The molecule has 3 N–H and O–H groups in total. The quantitative estimate of drug-likeness (QED) is 0.477. The lowest BCUT2D eigenvalue weighted by Crippen LogP contribution is -2.41. The van der Waals surface area contributed by atoms with Crippen LogP contribution in [0.5, 0.6) is 0 Å². The Balaban J connectivity index is 1.71. The van der Waals surface area contributed by atoms with Crippen molar-refractivity contribution in [1.29, 1.82) is 0 Å². The van der Waals surface area contributed by atoms with Crippen molar-refractivity contribution in [2.45, 2.75) is 4.90 Å². The van der Waals surface area contributed by atoms with E-state index in [-0.39, 0.29) is 21.2 Å². The number of carbonyl (C=O) groups is 2. The summed E-state index contributed by atoms with van der Waals surface area (Å²) in [5.41, 5.74) is 6.08. The lowest BCUT2D eigenvalue weighted by molar-refractivity contribution is 0.0846. The van der Waals surface area contributed by atoms with E-state index >= 15 is 0 Å². The molecule has 3 rings (SSSR count). The number of amides is 2. The van der Waals surface area contributed by atoms with Gasteiger partial charge in [-0.05, 0) is 48.5 Å². The lowest BCUT2D eigenvalue weighted by atomic mass is 10.2. The van der Waals surface area contributed by atoms with Crippen molar-refractivity contribution in [2.24, 2.45) is 0 Å².